The van der Waals surface area contributed by atoms with Gasteiger partial charge in [0, 0.05) is 23.4 Å². The fourth-order valence-electron chi connectivity index (χ4n) is 2.03. The lowest BCUT2D eigenvalue weighted by molar-refractivity contribution is -0.384. The largest absolute Gasteiger partial charge is 0.478 e. The average Bonchev–Trinajstić information content (AvgIpc) is 2.39. The van der Waals surface area contributed by atoms with E-state index in [9.17, 15) is 19.3 Å². The number of hydrogen-bond acceptors (Lipinski definition) is 4. The maximum Gasteiger partial charge on any atom is 0.340 e. The first-order valence-corrected chi connectivity index (χ1v) is 5.89. The first-order valence-electron chi connectivity index (χ1n) is 5.89. The van der Waals surface area contributed by atoms with Gasteiger partial charge >= 0.3 is 5.97 Å². The van der Waals surface area contributed by atoms with Crippen molar-refractivity contribution >= 4 is 17.3 Å². The Labute approximate surface area is 118 Å². The first kappa shape index (κ1) is 14.4. The minimum Gasteiger partial charge on any atom is -0.478 e. The van der Waals surface area contributed by atoms with Crippen LogP contribution < -0.4 is 5.73 Å². The standard InChI is InChI=1S/C14H11FN2O4/c1-7-2-3-8(17(20)21)6-10(7)9-4-5-11(16)12(13(9)15)14(18)19/h2-6H,16H2,1H3,(H,18,19). The van der Waals surface area contributed by atoms with Gasteiger partial charge in [0.25, 0.3) is 5.69 Å². The number of benzene rings is 2. The van der Waals surface area contributed by atoms with E-state index in [1.807, 2.05) is 0 Å². The number of rotatable bonds is 3. The second-order valence-corrected chi connectivity index (χ2v) is 4.45. The smallest absolute Gasteiger partial charge is 0.340 e. The second-order valence-electron chi connectivity index (χ2n) is 4.45. The summed E-state index contributed by atoms with van der Waals surface area (Å²) in [6.07, 6.45) is 0. The number of non-ortho nitro benzene ring substituents is 1. The van der Waals surface area contributed by atoms with Crippen LogP contribution in [0, 0.1) is 22.9 Å². The summed E-state index contributed by atoms with van der Waals surface area (Å²) in [4.78, 5) is 21.3. The van der Waals surface area contributed by atoms with E-state index in [4.69, 9.17) is 10.8 Å². The molecule has 0 amide bonds. The maximum atomic E-state index is 14.4. The van der Waals surface area contributed by atoms with Crippen molar-refractivity contribution in [3.8, 4) is 11.1 Å². The predicted molar refractivity (Wildman–Crippen MR) is 74.6 cm³/mol. The molecule has 0 aromatic heterocycles. The van der Waals surface area contributed by atoms with Gasteiger partial charge in [-0.05, 0) is 30.2 Å². The molecule has 0 aliphatic rings. The normalized spacial score (nSPS) is 10.4. The highest BCUT2D eigenvalue weighted by Crippen LogP contribution is 2.32. The number of carboxylic acid groups (broad SMARTS) is 1. The van der Waals surface area contributed by atoms with Crippen LogP contribution in [0.1, 0.15) is 15.9 Å². The number of nitrogens with two attached hydrogens (primary N) is 1. The molecule has 0 heterocycles. The van der Waals surface area contributed by atoms with Crippen molar-refractivity contribution in [3.63, 3.8) is 0 Å². The van der Waals surface area contributed by atoms with Gasteiger partial charge in [0.2, 0.25) is 0 Å². The van der Waals surface area contributed by atoms with Crippen molar-refractivity contribution in [2.45, 2.75) is 6.92 Å². The Morgan fingerprint density at radius 3 is 2.52 bits per heavy atom. The van der Waals surface area contributed by atoms with Crippen LogP contribution >= 0.6 is 0 Å². The summed E-state index contributed by atoms with van der Waals surface area (Å²) in [5.41, 5.74) is 5.21. The molecule has 0 spiro atoms. The Kier molecular flexibility index (Phi) is 3.58. The minimum atomic E-state index is -1.49. The molecule has 2 aromatic carbocycles. The highest BCUT2D eigenvalue weighted by atomic mass is 19.1. The van der Waals surface area contributed by atoms with E-state index in [0.717, 1.165) is 0 Å². The fraction of sp³-hybridized carbons (Fsp3) is 0.0714. The third-order valence-electron chi connectivity index (χ3n) is 3.11. The lowest BCUT2D eigenvalue weighted by Gasteiger charge is -2.10. The molecular formula is C14H11FN2O4. The molecule has 0 unspecified atom stereocenters. The van der Waals surface area contributed by atoms with Gasteiger partial charge in [-0.25, -0.2) is 9.18 Å². The number of nitrogens with zero attached hydrogens (tertiary/aromatic N) is 1. The fourth-order valence-corrected chi connectivity index (χ4v) is 2.03. The van der Waals surface area contributed by atoms with Crippen molar-refractivity contribution in [2.24, 2.45) is 0 Å². The van der Waals surface area contributed by atoms with Crippen LogP contribution in [0.2, 0.25) is 0 Å². The number of carbonyl (C=O) groups is 1. The monoisotopic (exact) mass is 290 g/mol. The quantitative estimate of drug-likeness (QED) is 0.513. The zero-order chi connectivity index (χ0) is 15.7. The molecule has 0 fully saturated rings. The number of aryl methyl sites for hydroxylation is 1. The highest BCUT2D eigenvalue weighted by molar-refractivity contribution is 5.96. The van der Waals surface area contributed by atoms with Crippen molar-refractivity contribution in [1.29, 1.82) is 0 Å². The number of nitro groups is 1. The van der Waals surface area contributed by atoms with Gasteiger partial charge in [0.1, 0.15) is 11.4 Å². The SMILES string of the molecule is Cc1ccc([N+](=O)[O-])cc1-c1ccc(N)c(C(=O)O)c1F. The summed E-state index contributed by atoms with van der Waals surface area (Å²) in [6.45, 7) is 1.65. The van der Waals surface area contributed by atoms with Gasteiger partial charge in [-0.15, -0.1) is 0 Å². The molecule has 3 N–H and O–H groups in total. The summed E-state index contributed by atoms with van der Waals surface area (Å²) < 4.78 is 14.4. The Bertz CT molecular complexity index is 759. The molecule has 2 rings (SSSR count). The van der Waals surface area contributed by atoms with E-state index in [1.54, 1.807) is 6.92 Å². The lowest BCUT2D eigenvalue weighted by atomic mass is 9.96. The molecule has 108 valence electrons. The summed E-state index contributed by atoms with van der Waals surface area (Å²) in [5, 5.41) is 19.8. The molecule has 21 heavy (non-hydrogen) atoms. The first-order chi connectivity index (χ1) is 9.82. The van der Waals surface area contributed by atoms with Crippen LogP contribution in [0.3, 0.4) is 0 Å². The van der Waals surface area contributed by atoms with Crippen LogP contribution in [-0.4, -0.2) is 16.0 Å². The van der Waals surface area contributed by atoms with Gasteiger partial charge in [-0.2, -0.15) is 0 Å². The lowest BCUT2D eigenvalue weighted by Crippen LogP contribution is -2.07. The van der Waals surface area contributed by atoms with E-state index in [0.29, 0.717) is 5.56 Å². The van der Waals surface area contributed by atoms with Crippen LogP contribution in [0.5, 0.6) is 0 Å². The molecule has 0 aliphatic heterocycles. The number of halogens is 1. The topological polar surface area (TPSA) is 106 Å². The number of carboxylic acids is 1. The molecule has 0 saturated carbocycles. The van der Waals surface area contributed by atoms with Gasteiger partial charge < -0.3 is 10.8 Å². The molecule has 2 aromatic rings. The molecule has 0 saturated heterocycles. The number of hydrogen-bond donors (Lipinski definition) is 2. The number of nitrogen functional groups attached to an aromatic ring is 1. The zero-order valence-corrected chi connectivity index (χ0v) is 11.0. The number of nitro benzene ring substituents is 1. The van der Waals surface area contributed by atoms with E-state index < -0.39 is 22.3 Å². The van der Waals surface area contributed by atoms with Gasteiger partial charge in [-0.1, -0.05) is 6.07 Å². The number of anilines is 1. The molecular weight excluding hydrogens is 279 g/mol. The second kappa shape index (κ2) is 5.20. The predicted octanol–water partition coefficient (Wildman–Crippen LogP) is 2.99. The van der Waals surface area contributed by atoms with Crippen molar-refractivity contribution in [1.82, 2.24) is 0 Å². The molecule has 0 radical (unpaired) electrons. The van der Waals surface area contributed by atoms with Crippen molar-refractivity contribution in [3.05, 3.63) is 57.4 Å². The summed E-state index contributed by atoms with van der Waals surface area (Å²) in [5.74, 6) is -2.50. The summed E-state index contributed by atoms with van der Waals surface area (Å²) in [7, 11) is 0. The van der Waals surface area contributed by atoms with Crippen molar-refractivity contribution in [2.75, 3.05) is 5.73 Å². The Morgan fingerprint density at radius 1 is 1.29 bits per heavy atom. The van der Waals surface area contributed by atoms with Gasteiger partial charge in [-0.3, -0.25) is 10.1 Å². The average molecular weight is 290 g/mol. The van der Waals surface area contributed by atoms with Crippen LogP contribution in [0.25, 0.3) is 11.1 Å². The third kappa shape index (κ3) is 2.53. The van der Waals surface area contributed by atoms with E-state index in [2.05, 4.69) is 0 Å². The Morgan fingerprint density at radius 2 is 1.95 bits per heavy atom. The summed E-state index contributed by atoms with van der Waals surface area (Å²) in [6, 6.07) is 6.55. The molecule has 7 heteroatoms. The van der Waals surface area contributed by atoms with Crippen molar-refractivity contribution < 1.29 is 19.2 Å². The molecule has 0 aliphatic carbocycles. The van der Waals surface area contributed by atoms with Gasteiger partial charge in [0.05, 0.1) is 4.92 Å². The summed E-state index contributed by atoms with van der Waals surface area (Å²) >= 11 is 0. The molecule has 0 bridgehead atoms. The zero-order valence-electron chi connectivity index (χ0n) is 11.0. The highest BCUT2D eigenvalue weighted by Gasteiger charge is 2.21. The van der Waals surface area contributed by atoms with Crippen LogP contribution in [0.4, 0.5) is 15.8 Å². The third-order valence-corrected chi connectivity index (χ3v) is 3.11. The number of aromatic carboxylic acids is 1. The molecule has 6 nitrogen and oxygen atoms in total. The van der Waals surface area contributed by atoms with E-state index in [1.165, 1.54) is 30.3 Å². The Hall–Kier alpha value is -2.96. The minimum absolute atomic E-state index is 0.0391. The van der Waals surface area contributed by atoms with E-state index in [-0.39, 0.29) is 22.5 Å². The molecule has 0 atom stereocenters. The van der Waals surface area contributed by atoms with Crippen LogP contribution in [0.15, 0.2) is 30.3 Å². The Balaban J connectivity index is 2.73. The maximum absolute atomic E-state index is 14.4. The van der Waals surface area contributed by atoms with Crippen LogP contribution in [-0.2, 0) is 0 Å². The van der Waals surface area contributed by atoms with Gasteiger partial charge in [0.15, 0.2) is 0 Å². The van der Waals surface area contributed by atoms with E-state index >= 15 is 0 Å².